The van der Waals surface area contributed by atoms with Crippen molar-refractivity contribution in [2.45, 2.75) is 44.3 Å². The van der Waals surface area contributed by atoms with Crippen LogP contribution in [0, 0.1) is 5.92 Å². The van der Waals surface area contributed by atoms with Crippen LogP contribution >= 0.6 is 0 Å². The second-order valence-electron chi connectivity index (χ2n) is 5.45. The number of H-pyrrole nitrogens is 1. The molecule has 6 nitrogen and oxygen atoms in total. The number of hydrogen-bond donors (Lipinski definition) is 4. The fraction of sp³-hybridized carbons (Fsp3) is 0.692. The average Bonchev–Trinajstić information content (AvgIpc) is 3.05. The van der Waals surface area contributed by atoms with Crippen molar-refractivity contribution in [3.8, 4) is 0 Å². The van der Waals surface area contributed by atoms with Gasteiger partial charge in [0.1, 0.15) is 0 Å². The summed E-state index contributed by atoms with van der Waals surface area (Å²) in [6, 6.07) is -0.0874. The maximum absolute atomic E-state index is 12.3. The highest BCUT2D eigenvalue weighted by Crippen LogP contribution is 2.25. The molecule has 2 aliphatic rings. The summed E-state index contributed by atoms with van der Waals surface area (Å²) in [4.78, 5) is 19.6. The first-order chi connectivity index (χ1) is 9.28. The van der Waals surface area contributed by atoms with Gasteiger partial charge >= 0.3 is 0 Å². The number of carbonyl (C=O) groups is 1. The number of carbonyl (C=O) groups excluding carboxylic acids is 1. The highest BCUT2D eigenvalue weighted by atomic mass is 16.3. The van der Waals surface area contributed by atoms with Crippen LogP contribution in [0.4, 0.5) is 0 Å². The third-order valence-corrected chi connectivity index (χ3v) is 4.27. The van der Waals surface area contributed by atoms with Crippen molar-refractivity contribution in [1.82, 2.24) is 20.6 Å². The Balaban J connectivity index is 1.59. The zero-order valence-electron chi connectivity index (χ0n) is 10.9. The molecule has 0 radical (unpaired) electrons. The minimum Gasteiger partial charge on any atom is -0.396 e. The molecular weight excluding hydrogens is 244 g/mol. The number of rotatable bonds is 3. The highest BCUT2D eigenvalue weighted by Gasteiger charge is 2.31. The normalized spacial score (nSPS) is 30.1. The van der Waals surface area contributed by atoms with Crippen LogP contribution in [-0.2, 0) is 17.8 Å². The number of aliphatic hydroxyl groups is 1. The molecule has 3 unspecified atom stereocenters. The van der Waals surface area contributed by atoms with Crippen LogP contribution in [0.1, 0.15) is 30.7 Å². The molecular formula is C13H20N4O2. The van der Waals surface area contributed by atoms with E-state index < -0.39 is 0 Å². The van der Waals surface area contributed by atoms with Crippen LogP contribution in [0.3, 0.4) is 0 Å². The van der Waals surface area contributed by atoms with Gasteiger partial charge in [-0.3, -0.25) is 10.1 Å². The van der Waals surface area contributed by atoms with Gasteiger partial charge in [-0.1, -0.05) is 6.42 Å². The molecule has 3 atom stereocenters. The molecule has 1 aliphatic heterocycles. The zero-order valence-corrected chi connectivity index (χ0v) is 10.9. The fourth-order valence-corrected chi connectivity index (χ4v) is 3.08. The van der Waals surface area contributed by atoms with Gasteiger partial charge < -0.3 is 15.4 Å². The van der Waals surface area contributed by atoms with Crippen molar-refractivity contribution in [1.29, 1.82) is 0 Å². The molecule has 6 heteroatoms. The van der Waals surface area contributed by atoms with E-state index in [1.807, 2.05) is 0 Å². The standard InChI is InChI=1S/C13H20N4O2/c18-6-8-2-1-3-9(8)17-13(19)11-4-10-12(5-14-11)16-7-15-10/h7-9,11,14,18H,1-6H2,(H,15,16)(H,17,19). The van der Waals surface area contributed by atoms with E-state index in [1.165, 1.54) is 0 Å². The summed E-state index contributed by atoms with van der Waals surface area (Å²) in [6.45, 7) is 0.814. The molecule has 1 aromatic heterocycles. The smallest absolute Gasteiger partial charge is 0.237 e. The summed E-state index contributed by atoms with van der Waals surface area (Å²) in [7, 11) is 0. The summed E-state index contributed by atoms with van der Waals surface area (Å²) in [5.74, 6) is 0.243. The summed E-state index contributed by atoms with van der Waals surface area (Å²) >= 11 is 0. The van der Waals surface area contributed by atoms with Gasteiger partial charge in [0.15, 0.2) is 0 Å². The van der Waals surface area contributed by atoms with E-state index in [1.54, 1.807) is 6.33 Å². The van der Waals surface area contributed by atoms with Crippen molar-refractivity contribution in [3.63, 3.8) is 0 Å². The first kappa shape index (κ1) is 12.6. The topological polar surface area (TPSA) is 90.0 Å². The van der Waals surface area contributed by atoms with E-state index in [0.29, 0.717) is 13.0 Å². The number of fused-ring (bicyclic) bond motifs is 1. The molecule has 3 rings (SSSR count). The number of hydrogen-bond acceptors (Lipinski definition) is 4. The van der Waals surface area contributed by atoms with Crippen molar-refractivity contribution in [3.05, 3.63) is 17.7 Å². The third kappa shape index (κ3) is 2.50. The van der Waals surface area contributed by atoms with Crippen LogP contribution in [0.5, 0.6) is 0 Å². The summed E-state index contributed by atoms with van der Waals surface area (Å²) < 4.78 is 0. The van der Waals surface area contributed by atoms with Crippen molar-refractivity contribution >= 4 is 5.91 Å². The van der Waals surface area contributed by atoms with Crippen molar-refractivity contribution < 1.29 is 9.90 Å². The Kier molecular flexibility index (Phi) is 3.52. The van der Waals surface area contributed by atoms with Gasteiger partial charge in [0, 0.05) is 31.5 Å². The maximum atomic E-state index is 12.3. The van der Waals surface area contributed by atoms with Gasteiger partial charge in [-0.05, 0) is 12.8 Å². The predicted molar refractivity (Wildman–Crippen MR) is 69.3 cm³/mol. The van der Waals surface area contributed by atoms with Gasteiger partial charge in [0.2, 0.25) is 5.91 Å². The molecule has 4 N–H and O–H groups in total. The molecule has 0 bridgehead atoms. The summed E-state index contributed by atoms with van der Waals surface area (Å²) in [5.41, 5.74) is 2.04. The summed E-state index contributed by atoms with van der Waals surface area (Å²) in [5, 5.41) is 15.6. The number of amides is 1. The van der Waals surface area contributed by atoms with E-state index >= 15 is 0 Å². The van der Waals surface area contributed by atoms with Gasteiger partial charge in [0.05, 0.1) is 23.8 Å². The monoisotopic (exact) mass is 264 g/mol. The molecule has 1 aliphatic carbocycles. The molecule has 1 amide bonds. The Morgan fingerprint density at radius 2 is 2.42 bits per heavy atom. The van der Waals surface area contributed by atoms with Crippen LogP contribution in [0.2, 0.25) is 0 Å². The number of aromatic amines is 1. The number of aliphatic hydroxyl groups excluding tert-OH is 1. The average molecular weight is 264 g/mol. The van der Waals surface area contributed by atoms with Crippen LogP contribution < -0.4 is 10.6 Å². The van der Waals surface area contributed by atoms with Crippen LogP contribution in [0.15, 0.2) is 6.33 Å². The molecule has 1 saturated carbocycles. The van der Waals surface area contributed by atoms with Gasteiger partial charge in [0.25, 0.3) is 0 Å². The molecule has 1 fully saturated rings. The van der Waals surface area contributed by atoms with E-state index in [4.69, 9.17) is 0 Å². The van der Waals surface area contributed by atoms with Gasteiger partial charge in [-0.25, -0.2) is 4.98 Å². The lowest BCUT2D eigenvalue weighted by atomic mass is 10.0. The van der Waals surface area contributed by atoms with Crippen LogP contribution in [-0.4, -0.2) is 39.7 Å². The van der Waals surface area contributed by atoms with Gasteiger partial charge in [-0.2, -0.15) is 0 Å². The van der Waals surface area contributed by atoms with E-state index in [-0.39, 0.29) is 30.5 Å². The van der Waals surface area contributed by atoms with E-state index in [0.717, 1.165) is 30.7 Å². The third-order valence-electron chi connectivity index (χ3n) is 4.27. The number of aromatic nitrogens is 2. The summed E-state index contributed by atoms with van der Waals surface area (Å²) in [6.07, 6.45) is 5.35. The first-order valence-electron chi connectivity index (χ1n) is 6.93. The lowest BCUT2D eigenvalue weighted by Crippen LogP contribution is -2.51. The molecule has 19 heavy (non-hydrogen) atoms. The minimum absolute atomic E-state index is 0.0269. The number of imidazole rings is 1. The molecule has 0 aromatic carbocycles. The molecule has 1 aromatic rings. The van der Waals surface area contributed by atoms with E-state index in [2.05, 4.69) is 20.6 Å². The largest absolute Gasteiger partial charge is 0.396 e. The van der Waals surface area contributed by atoms with Crippen molar-refractivity contribution in [2.24, 2.45) is 5.92 Å². The minimum atomic E-state index is -0.212. The lowest BCUT2D eigenvalue weighted by molar-refractivity contribution is -0.124. The Morgan fingerprint density at radius 3 is 3.26 bits per heavy atom. The Morgan fingerprint density at radius 1 is 1.53 bits per heavy atom. The molecule has 104 valence electrons. The highest BCUT2D eigenvalue weighted by molar-refractivity contribution is 5.82. The Hall–Kier alpha value is -1.40. The maximum Gasteiger partial charge on any atom is 0.237 e. The van der Waals surface area contributed by atoms with Gasteiger partial charge in [-0.15, -0.1) is 0 Å². The quantitative estimate of drug-likeness (QED) is 0.603. The Labute approximate surface area is 112 Å². The SMILES string of the molecule is O=C(NC1CCCC1CO)C1Cc2nc[nH]c2CN1. The number of nitrogens with one attached hydrogen (secondary N) is 3. The fourth-order valence-electron chi connectivity index (χ4n) is 3.08. The molecule has 0 spiro atoms. The van der Waals surface area contributed by atoms with Crippen LogP contribution in [0.25, 0.3) is 0 Å². The van der Waals surface area contributed by atoms with E-state index in [9.17, 15) is 9.90 Å². The second-order valence-corrected chi connectivity index (χ2v) is 5.45. The zero-order chi connectivity index (χ0) is 13.2. The lowest BCUT2D eigenvalue weighted by Gasteiger charge is -2.26. The first-order valence-corrected chi connectivity index (χ1v) is 6.93. The Bertz CT molecular complexity index is 459. The van der Waals surface area contributed by atoms with Crippen molar-refractivity contribution in [2.75, 3.05) is 6.61 Å². The molecule has 2 heterocycles. The second kappa shape index (κ2) is 5.30. The molecule has 0 saturated heterocycles. The number of nitrogens with zero attached hydrogens (tertiary/aromatic N) is 1. The predicted octanol–water partition coefficient (Wildman–Crippen LogP) is -0.299.